The summed E-state index contributed by atoms with van der Waals surface area (Å²) in [5, 5.41) is 2.69. The Labute approximate surface area is 105 Å². The first-order chi connectivity index (χ1) is 8.67. The molecule has 0 bridgehead atoms. The number of rotatable bonds is 6. The Morgan fingerprint density at radius 3 is 2.67 bits per heavy atom. The molecule has 6 nitrogen and oxygen atoms in total. The Morgan fingerprint density at radius 1 is 1.33 bits per heavy atom. The van der Waals surface area contributed by atoms with Crippen LogP contribution in [-0.2, 0) is 9.53 Å². The van der Waals surface area contributed by atoms with Crippen molar-refractivity contribution in [3.63, 3.8) is 0 Å². The smallest absolute Gasteiger partial charge is 0.305 e. The molecule has 1 aromatic heterocycles. The van der Waals surface area contributed by atoms with Crippen LogP contribution in [0, 0.1) is 0 Å². The number of amides is 1. The van der Waals surface area contributed by atoms with Gasteiger partial charge in [0, 0.05) is 25.2 Å². The first-order valence-electron chi connectivity index (χ1n) is 5.52. The van der Waals surface area contributed by atoms with Gasteiger partial charge in [-0.1, -0.05) is 0 Å². The fourth-order valence-electron chi connectivity index (χ4n) is 1.27. The Balaban J connectivity index is 2.33. The van der Waals surface area contributed by atoms with E-state index in [4.69, 9.17) is 4.74 Å². The fraction of sp³-hybridized carbons (Fsp3) is 0.417. The van der Waals surface area contributed by atoms with Crippen LogP contribution in [0.1, 0.15) is 23.2 Å². The fourth-order valence-corrected chi connectivity index (χ4v) is 1.27. The largest absolute Gasteiger partial charge is 0.481 e. The minimum Gasteiger partial charge on any atom is -0.481 e. The molecule has 0 aromatic carbocycles. The Hall–Kier alpha value is -2.11. The summed E-state index contributed by atoms with van der Waals surface area (Å²) in [5.41, 5.74) is 0.453. The van der Waals surface area contributed by atoms with Crippen LogP contribution in [0.4, 0.5) is 0 Å². The van der Waals surface area contributed by atoms with E-state index in [0.29, 0.717) is 24.4 Å². The van der Waals surface area contributed by atoms with Crippen molar-refractivity contribution in [2.24, 2.45) is 0 Å². The average Bonchev–Trinajstić information content (AvgIpc) is 2.43. The quantitative estimate of drug-likeness (QED) is 0.597. The highest BCUT2D eigenvalue weighted by Crippen LogP contribution is 2.06. The number of pyridine rings is 1. The number of hydrogen-bond acceptors (Lipinski definition) is 5. The van der Waals surface area contributed by atoms with E-state index in [2.05, 4.69) is 15.0 Å². The topological polar surface area (TPSA) is 77.5 Å². The number of methoxy groups -OCH3 is 2. The van der Waals surface area contributed by atoms with Crippen LogP contribution in [-0.4, -0.2) is 37.6 Å². The molecule has 18 heavy (non-hydrogen) atoms. The molecule has 0 saturated carbocycles. The van der Waals surface area contributed by atoms with E-state index in [0.717, 1.165) is 0 Å². The van der Waals surface area contributed by atoms with Crippen molar-refractivity contribution < 1.29 is 19.1 Å². The minimum absolute atomic E-state index is 0.227. The molecule has 0 aliphatic heterocycles. The van der Waals surface area contributed by atoms with Gasteiger partial charge in [0.05, 0.1) is 19.8 Å². The lowest BCUT2D eigenvalue weighted by Crippen LogP contribution is -2.25. The van der Waals surface area contributed by atoms with Gasteiger partial charge in [-0.15, -0.1) is 0 Å². The molecule has 1 aromatic rings. The molecule has 1 rings (SSSR count). The SMILES string of the molecule is COC(=O)CCCNC(=O)c1ccc(OC)nc1. The van der Waals surface area contributed by atoms with Crippen LogP contribution in [0.5, 0.6) is 5.88 Å². The Morgan fingerprint density at radius 2 is 2.11 bits per heavy atom. The van der Waals surface area contributed by atoms with Crippen LogP contribution in [0.2, 0.25) is 0 Å². The van der Waals surface area contributed by atoms with Gasteiger partial charge in [-0.05, 0) is 12.5 Å². The van der Waals surface area contributed by atoms with Gasteiger partial charge in [0.15, 0.2) is 0 Å². The summed E-state index contributed by atoms with van der Waals surface area (Å²) >= 11 is 0. The van der Waals surface area contributed by atoms with Crippen molar-refractivity contribution in [1.29, 1.82) is 0 Å². The highest BCUT2D eigenvalue weighted by molar-refractivity contribution is 5.93. The monoisotopic (exact) mass is 252 g/mol. The van der Waals surface area contributed by atoms with Gasteiger partial charge in [0.25, 0.3) is 5.91 Å². The first-order valence-corrected chi connectivity index (χ1v) is 5.52. The maximum atomic E-state index is 11.7. The molecule has 1 amide bonds. The van der Waals surface area contributed by atoms with Crippen molar-refractivity contribution >= 4 is 11.9 Å². The molecule has 0 aliphatic carbocycles. The van der Waals surface area contributed by atoms with Gasteiger partial charge in [0.2, 0.25) is 5.88 Å². The van der Waals surface area contributed by atoms with E-state index >= 15 is 0 Å². The molecule has 1 heterocycles. The summed E-state index contributed by atoms with van der Waals surface area (Å²) < 4.78 is 9.38. The van der Waals surface area contributed by atoms with Crippen LogP contribution >= 0.6 is 0 Å². The van der Waals surface area contributed by atoms with Crippen LogP contribution in [0.15, 0.2) is 18.3 Å². The van der Waals surface area contributed by atoms with Crippen molar-refractivity contribution in [3.8, 4) is 5.88 Å². The van der Waals surface area contributed by atoms with Crippen LogP contribution in [0.25, 0.3) is 0 Å². The van der Waals surface area contributed by atoms with Gasteiger partial charge in [-0.3, -0.25) is 9.59 Å². The second-order valence-electron chi connectivity index (χ2n) is 3.52. The number of nitrogens with zero attached hydrogens (tertiary/aromatic N) is 1. The lowest BCUT2D eigenvalue weighted by molar-refractivity contribution is -0.140. The van der Waals surface area contributed by atoms with E-state index in [1.807, 2.05) is 0 Å². The predicted octanol–water partition coefficient (Wildman–Crippen LogP) is 0.773. The van der Waals surface area contributed by atoms with Crippen molar-refractivity contribution in [3.05, 3.63) is 23.9 Å². The van der Waals surface area contributed by atoms with E-state index in [9.17, 15) is 9.59 Å². The summed E-state index contributed by atoms with van der Waals surface area (Å²) in [7, 11) is 2.85. The Kier molecular flexibility index (Phi) is 5.63. The zero-order valence-electron chi connectivity index (χ0n) is 10.4. The van der Waals surface area contributed by atoms with E-state index in [1.165, 1.54) is 20.4 Å². The second-order valence-corrected chi connectivity index (χ2v) is 3.52. The number of nitrogens with one attached hydrogen (secondary N) is 1. The normalized spacial score (nSPS) is 9.67. The number of carbonyl (C=O) groups is 2. The highest BCUT2D eigenvalue weighted by atomic mass is 16.5. The summed E-state index contributed by atoms with van der Waals surface area (Å²) in [4.78, 5) is 26.4. The lowest BCUT2D eigenvalue weighted by atomic mass is 10.2. The standard InChI is InChI=1S/C12H16N2O4/c1-17-10-6-5-9(8-14-10)12(16)13-7-3-4-11(15)18-2/h5-6,8H,3-4,7H2,1-2H3,(H,13,16). The molecule has 0 saturated heterocycles. The first kappa shape index (κ1) is 14.0. The Bertz CT molecular complexity index is 403. The maximum Gasteiger partial charge on any atom is 0.305 e. The summed E-state index contributed by atoms with van der Waals surface area (Å²) in [6.45, 7) is 0.417. The number of carbonyl (C=O) groups excluding carboxylic acids is 2. The van der Waals surface area contributed by atoms with Gasteiger partial charge in [0.1, 0.15) is 0 Å². The summed E-state index contributed by atoms with van der Waals surface area (Å²) in [6.07, 6.45) is 2.27. The maximum absolute atomic E-state index is 11.7. The zero-order valence-corrected chi connectivity index (χ0v) is 10.4. The predicted molar refractivity (Wildman–Crippen MR) is 64.4 cm³/mol. The molecule has 1 N–H and O–H groups in total. The number of esters is 1. The van der Waals surface area contributed by atoms with E-state index in [1.54, 1.807) is 12.1 Å². The number of hydrogen-bond donors (Lipinski definition) is 1. The van der Waals surface area contributed by atoms with E-state index in [-0.39, 0.29) is 18.3 Å². The molecular weight excluding hydrogens is 236 g/mol. The molecule has 98 valence electrons. The molecule has 0 unspecified atom stereocenters. The van der Waals surface area contributed by atoms with Gasteiger partial charge >= 0.3 is 5.97 Å². The van der Waals surface area contributed by atoms with Crippen molar-refractivity contribution in [2.75, 3.05) is 20.8 Å². The number of aromatic nitrogens is 1. The molecular formula is C12H16N2O4. The zero-order chi connectivity index (χ0) is 13.4. The molecule has 0 spiro atoms. The highest BCUT2D eigenvalue weighted by Gasteiger charge is 2.06. The molecule has 0 atom stereocenters. The minimum atomic E-state index is -0.282. The van der Waals surface area contributed by atoms with Gasteiger partial charge < -0.3 is 14.8 Å². The molecule has 0 aliphatic rings. The van der Waals surface area contributed by atoms with Crippen molar-refractivity contribution in [1.82, 2.24) is 10.3 Å². The molecule has 0 radical (unpaired) electrons. The number of ether oxygens (including phenoxy) is 2. The molecule has 6 heteroatoms. The lowest BCUT2D eigenvalue weighted by Gasteiger charge is -2.05. The van der Waals surface area contributed by atoms with Crippen LogP contribution < -0.4 is 10.1 Å². The average molecular weight is 252 g/mol. The third-order valence-electron chi connectivity index (χ3n) is 2.28. The van der Waals surface area contributed by atoms with Gasteiger partial charge in [-0.2, -0.15) is 0 Å². The van der Waals surface area contributed by atoms with E-state index < -0.39 is 0 Å². The molecule has 0 fully saturated rings. The van der Waals surface area contributed by atoms with Crippen LogP contribution in [0.3, 0.4) is 0 Å². The van der Waals surface area contributed by atoms with Gasteiger partial charge in [-0.25, -0.2) is 4.98 Å². The third-order valence-corrected chi connectivity index (χ3v) is 2.28. The summed E-state index contributed by atoms with van der Waals surface area (Å²) in [5.74, 6) is -0.0531. The summed E-state index contributed by atoms with van der Waals surface area (Å²) in [6, 6.07) is 3.24. The van der Waals surface area contributed by atoms with Crippen molar-refractivity contribution in [2.45, 2.75) is 12.8 Å². The second kappa shape index (κ2) is 7.26. The third kappa shape index (κ3) is 4.40.